The van der Waals surface area contributed by atoms with E-state index in [0.717, 1.165) is 30.5 Å². The van der Waals surface area contributed by atoms with Gasteiger partial charge in [0.05, 0.1) is 24.0 Å². The molecule has 2 N–H and O–H groups in total. The van der Waals surface area contributed by atoms with E-state index in [1.165, 1.54) is 12.3 Å². The number of hydrogen-bond donors (Lipinski definition) is 2. The highest BCUT2D eigenvalue weighted by atomic mass is 19.4. The first-order chi connectivity index (χ1) is 19.4. The van der Waals surface area contributed by atoms with Crippen LogP contribution in [-0.4, -0.2) is 56.0 Å². The summed E-state index contributed by atoms with van der Waals surface area (Å²) in [5.41, 5.74) is 1.71. The Hall–Kier alpha value is -4.45. The highest BCUT2D eigenvalue weighted by molar-refractivity contribution is 6.05. The van der Waals surface area contributed by atoms with Gasteiger partial charge in [0.1, 0.15) is 5.82 Å². The first-order valence-corrected chi connectivity index (χ1v) is 13.1. The zero-order valence-electron chi connectivity index (χ0n) is 23.1. The number of imidazole rings is 2. The molecule has 12 heteroatoms. The molecule has 4 aromatic rings. The van der Waals surface area contributed by atoms with Crippen LogP contribution < -0.4 is 10.6 Å². The van der Waals surface area contributed by atoms with Gasteiger partial charge in [-0.2, -0.15) is 13.2 Å². The highest BCUT2D eigenvalue weighted by Gasteiger charge is 2.32. The van der Waals surface area contributed by atoms with Crippen molar-refractivity contribution in [2.75, 3.05) is 19.4 Å². The molecule has 1 saturated carbocycles. The van der Waals surface area contributed by atoms with E-state index >= 15 is 0 Å². The molecule has 1 aliphatic carbocycles. The van der Waals surface area contributed by atoms with Crippen LogP contribution >= 0.6 is 0 Å². The van der Waals surface area contributed by atoms with Crippen LogP contribution in [0, 0.1) is 6.92 Å². The molecule has 1 aliphatic rings. The van der Waals surface area contributed by atoms with Crippen LogP contribution in [0.4, 0.5) is 18.9 Å². The minimum Gasteiger partial charge on any atom is -0.347 e. The number of hydrogen-bond acceptors (Lipinski definition) is 5. The Morgan fingerprint density at radius 1 is 1.07 bits per heavy atom. The third kappa shape index (κ3) is 6.17. The first-order valence-electron chi connectivity index (χ1n) is 13.1. The number of anilines is 1. The number of amides is 2. The summed E-state index contributed by atoms with van der Waals surface area (Å²) >= 11 is 0. The van der Waals surface area contributed by atoms with Crippen molar-refractivity contribution in [3.05, 3.63) is 83.3 Å². The minimum atomic E-state index is -4.63. The standard InChI is InChI=1S/C29H30F3N7O2/c1-17-5-6-18(11-23(17)24-15-34-26(38(24)4)28(41)35-20-7-8-20)27(40)36-21-12-19(29(30,31)32)13-22(14-21)39-10-9-33-25(39)16-37(2)3/h5-6,9-15,20H,7-8,16H2,1-4H3,(H,35,41)(H,36,40). The lowest BCUT2D eigenvalue weighted by molar-refractivity contribution is -0.137. The predicted molar refractivity (Wildman–Crippen MR) is 148 cm³/mol. The van der Waals surface area contributed by atoms with E-state index in [2.05, 4.69) is 20.6 Å². The Labute approximate surface area is 235 Å². The second kappa shape index (κ2) is 10.8. The van der Waals surface area contributed by atoms with Gasteiger partial charge in [0, 0.05) is 48.0 Å². The molecule has 1 fully saturated rings. The van der Waals surface area contributed by atoms with Crippen molar-refractivity contribution in [3.63, 3.8) is 0 Å². The van der Waals surface area contributed by atoms with E-state index in [-0.39, 0.29) is 34.7 Å². The van der Waals surface area contributed by atoms with Crippen molar-refractivity contribution in [1.29, 1.82) is 0 Å². The van der Waals surface area contributed by atoms with Crippen LogP contribution in [0.2, 0.25) is 0 Å². The Kier molecular flexibility index (Phi) is 7.43. The number of alkyl halides is 3. The topological polar surface area (TPSA) is 97.1 Å². The van der Waals surface area contributed by atoms with Gasteiger partial charge in [0.15, 0.2) is 5.82 Å². The number of carbonyl (C=O) groups excluding carboxylic acids is 2. The second-order valence-electron chi connectivity index (χ2n) is 10.5. The molecule has 214 valence electrons. The van der Waals surface area contributed by atoms with E-state index in [1.807, 2.05) is 25.9 Å². The summed E-state index contributed by atoms with van der Waals surface area (Å²) in [7, 11) is 5.39. The Balaban J connectivity index is 1.45. The third-order valence-electron chi connectivity index (χ3n) is 6.84. The molecule has 2 aromatic heterocycles. The second-order valence-corrected chi connectivity index (χ2v) is 10.5. The molecule has 0 atom stereocenters. The fraction of sp³-hybridized carbons (Fsp3) is 0.310. The summed E-state index contributed by atoms with van der Waals surface area (Å²) in [4.78, 5) is 36.3. The number of carbonyl (C=O) groups is 2. The lowest BCUT2D eigenvalue weighted by Crippen LogP contribution is -2.28. The lowest BCUT2D eigenvalue weighted by Gasteiger charge is -2.16. The number of nitrogens with zero attached hydrogens (tertiary/aromatic N) is 5. The average molecular weight is 566 g/mol. The Morgan fingerprint density at radius 2 is 1.83 bits per heavy atom. The summed E-state index contributed by atoms with van der Waals surface area (Å²) in [6.45, 7) is 2.28. The molecule has 2 amide bonds. The molecule has 0 saturated heterocycles. The van der Waals surface area contributed by atoms with E-state index in [4.69, 9.17) is 0 Å². The minimum absolute atomic E-state index is 0.00832. The van der Waals surface area contributed by atoms with Crippen LogP contribution in [0.3, 0.4) is 0 Å². The summed E-state index contributed by atoms with van der Waals surface area (Å²) in [6, 6.07) is 8.59. The third-order valence-corrected chi connectivity index (χ3v) is 6.84. The monoisotopic (exact) mass is 565 g/mol. The maximum atomic E-state index is 13.8. The number of nitrogens with one attached hydrogen (secondary N) is 2. The molecule has 0 bridgehead atoms. The van der Waals surface area contributed by atoms with Gasteiger partial charge in [-0.3, -0.25) is 9.59 Å². The van der Waals surface area contributed by atoms with Crippen LogP contribution in [0.5, 0.6) is 0 Å². The number of halogens is 3. The van der Waals surface area contributed by atoms with Gasteiger partial charge < -0.3 is 24.7 Å². The lowest BCUT2D eigenvalue weighted by atomic mass is 10.0. The molecule has 2 heterocycles. The Bertz CT molecular complexity index is 1620. The van der Waals surface area contributed by atoms with E-state index < -0.39 is 17.6 Å². The zero-order chi connectivity index (χ0) is 29.5. The molecular weight excluding hydrogens is 535 g/mol. The summed E-state index contributed by atoms with van der Waals surface area (Å²) in [5, 5.41) is 5.54. The van der Waals surface area contributed by atoms with Crippen LogP contribution in [-0.2, 0) is 19.8 Å². The van der Waals surface area contributed by atoms with Gasteiger partial charge in [-0.1, -0.05) is 6.07 Å². The van der Waals surface area contributed by atoms with Crippen molar-refractivity contribution < 1.29 is 22.8 Å². The van der Waals surface area contributed by atoms with Crippen molar-refractivity contribution in [1.82, 2.24) is 29.3 Å². The molecule has 0 radical (unpaired) electrons. The molecule has 9 nitrogen and oxygen atoms in total. The van der Waals surface area contributed by atoms with Gasteiger partial charge in [0.25, 0.3) is 11.8 Å². The van der Waals surface area contributed by atoms with E-state index in [9.17, 15) is 22.8 Å². The van der Waals surface area contributed by atoms with Crippen molar-refractivity contribution in [2.45, 2.75) is 38.5 Å². The van der Waals surface area contributed by atoms with Crippen molar-refractivity contribution >= 4 is 17.5 Å². The smallest absolute Gasteiger partial charge is 0.347 e. The largest absolute Gasteiger partial charge is 0.416 e. The molecule has 41 heavy (non-hydrogen) atoms. The molecule has 0 unspecified atom stereocenters. The average Bonchev–Trinajstić information content (AvgIpc) is 3.45. The van der Waals surface area contributed by atoms with Gasteiger partial charge in [0.2, 0.25) is 0 Å². The normalized spacial score (nSPS) is 13.5. The quantitative estimate of drug-likeness (QED) is 0.320. The fourth-order valence-electron chi connectivity index (χ4n) is 4.55. The maximum Gasteiger partial charge on any atom is 0.416 e. The molecule has 0 aliphatic heterocycles. The van der Waals surface area contributed by atoms with Gasteiger partial charge in [-0.05, 0) is 69.8 Å². The van der Waals surface area contributed by atoms with Crippen molar-refractivity contribution in [3.8, 4) is 16.9 Å². The summed E-state index contributed by atoms with van der Waals surface area (Å²) < 4.78 is 44.7. The van der Waals surface area contributed by atoms with Crippen LogP contribution in [0.15, 0.2) is 55.0 Å². The van der Waals surface area contributed by atoms with Gasteiger partial charge >= 0.3 is 6.18 Å². The summed E-state index contributed by atoms with van der Waals surface area (Å²) in [5.74, 6) is -0.0359. The number of aryl methyl sites for hydroxylation is 1. The predicted octanol–water partition coefficient (Wildman–Crippen LogP) is 4.81. The Morgan fingerprint density at radius 3 is 2.51 bits per heavy atom. The van der Waals surface area contributed by atoms with E-state index in [1.54, 1.807) is 46.8 Å². The highest BCUT2D eigenvalue weighted by Crippen LogP contribution is 2.34. The van der Waals surface area contributed by atoms with Crippen LogP contribution in [0.25, 0.3) is 16.9 Å². The molecule has 5 rings (SSSR count). The number of aromatic nitrogens is 4. The van der Waals surface area contributed by atoms with Crippen LogP contribution in [0.1, 0.15) is 50.8 Å². The van der Waals surface area contributed by atoms with Gasteiger partial charge in [-0.25, -0.2) is 9.97 Å². The maximum absolute atomic E-state index is 13.8. The number of benzene rings is 2. The molecular formula is C29H30F3N7O2. The SMILES string of the molecule is Cc1ccc(C(=O)Nc2cc(-n3ccnc3CN(C)C)cc(C(F)(F)F)c2)cc1-c1cnc(C(=O)NC2CC2)n1C. The van der Waals surface area contributed by atoms with Gasteiger partial charge in [-0.15, -0.1) is 0 Å². The molecule has 0 spiro atoms. The number of rotatable bonds is 8. The zero-order valence-corrected chi connectivity index (χ0v) is 23.1. The van der Waals surface area contributed by atoms with E-state index in [0.29, 0.717) is 23.6 Å². The fourth-order valence-corrected chi connectivity index (χ4v) is 4.55. The first kappa shape index (κ1) is 28.1. The molecule has 2 aromatic carbocycles. The van der Waals surface area contributed by atoms with Crippen molar-refractivity contribution in [2.24, 2.45) is 7.05 Å². The summed E-state index contributed by atoms with van der Waals surface area (Å²) in [6.07, 6.45) is 1.95.